The number of hydrogen-bond acceptors (Lipinski definition) is 3. The Kier molecular flexibility index (Phi) is 5.92. The first-order chi connectivity index (χ1) is 12.9. The number of amides is 2. The van der Waals surface area contributed by atoms with E-state index in [1.165, 1.54) is 7.11 Å². The van der Waals surface area contributed by atoms with Crippen LogP contribution in [0.3, 0.4) is 0 Å². The van der Waals surface area contributed by atoms with Crippen LogP contribution in [0.25, 0.3) is 0 Å². The van der Waals surface area contributed by atoms with Crippen LogP contribution in [0.1, 0.15) is 28.8 Å². The molecule has 5 nitrogen and oxygen atoms in total. The quantitative estimate of drug-likeness (QED) is 0.809. The summed E-state index contributed by atoms with van der Waals surface area (Å²) in [6.07, 6.45) is 1.33. The van der Waals surface area contributed by atoms with Gasteiger partial charge in [0.2, 0.25) is 5.91 Å². The van der Waals surface area contributed by atoms with Gasteiger partial charge in [0.05, 0.1) is 23.4 Å². The van der Waals surface area contributed by atoms with Crippen LogP contribution >= 0.6 is 23.2 Å². The van der Waals surface area contributed by atoms with Gasteiger partial charge < -0.3 is 15.0 Å². The highest BCUT2D eigenvalue weighted by atomic mass is 35.5. The summed E-state index contributed by atoms with van der Waals surface area (Å²) >= 11 is 12.2. The second kappa shape index (κ2) is 8.19. The van der Waals surface area contributed by atoms with E-state index in [2.05, 4.69) is 5.32 Å². The van der Waals surface area contributed by atoms with Crippen LogP contribution in [0.4, 0.5) is 5.69 Å². The molecule has 1 atom stereocenters. The Bertz CT molecular complexity index is 886. The molecule has 27 heavy (non-hydrogen) atoms. The molecular formula is C20H20Cl2N2O3. The molecule has 7 heteroatoms. The number of nitrogens with zero attached hydrogens (tertiary/aromatic N) is 1. The van der Waals surface area contributed by atoms with Crippen LogP contribution in [-0.2, 0) is 4.79 Å². The summed E-state index contributed by atoms with van der Waals surface area (Å²) in [7, 11) is 1.49. The van der Waals surface area contributed by atoms with Gasteiger partial charge in [-0.1, -0.05) is 29.3 Å². The molecule has 1 heterocycles. The van der Waals surface area contributed by atoms with Gasteiger partial charge in [-0.15, -0.1) is 0 Å². The summed E-state index contributed by atoms with van der Waals surface area (Å²) in [6.45, 7) is 2.42. The number of anilines is 1. The minimum Gasteiger partial charge on any atom is -0.496 e. The average molecular weight is 407 g/mol. The van der Waals surface area contributed by atoms with Crippen LogP contribution in [0.15, 0.2) is 36.4 Å². The minimum absolute atomic E-state index is 0.257. The molecule has 0 aliphatic carbocycles. The largest absolute Gasteiger partial charge is 0.496 e. The molecular weight excluding hydrogens is 387 g/mol. The van der Waals surface area contributed by atoms with Crippen molar-refractivity contribution in [2.24, 2.45) is 0 Å². The second-order valence-electron chi connectivity index (χ2n) is 6.47. The van der Waals surface area contributed by atoms with Gasteiger partial charge in [-0.25, -0.2) is 0 Å². The van der Waals surface area contributed by atoms with Gasteiger partial charge in [-0.3, -0.25) is 9.59 Å². The van der Waals surface area contributed by atoms with Crippen molar-refractivity contribution < 1.29 is 14.3 Å². The van der Waals surface area contributed by atoms with E-state index in [0.717, 1.165) is 12.0 Å². The third kappa shape index (κ3) is 4.20. The van der Waals surface area contributed by atoms with E-state index < -0.39 is 6.04 Å². The number of aryl methyl sites for hydroxylation is 1. The van der Waals surface area contributed by atoms with Gasteiger partial charge >= 0.3 is 0 Å². The molecule has 0 aromatic heterocycles. The maximum absolute atomic E-state index is 13.0. The normalized spacial score (nSPS) is 16.3. The Hall–Kier alpha value is -2.24. The average Bonchev–Trinajstić information content (AvgIpc) is 3.13. The summed E-state index contributed by atoms with van der Waals surface area (Å²) in [6, 6.07) is 9.71. The van der Waals surface area contributed by atoms with Gasteiger partial charge in [-0.2, -0.15) is 0 Å². The molecule has 1 aliphatic heterocycles. The number of ether oxygens (including phenoxy) is 1. The zero-order valence-electron chi connectivity index (χ0n) is 15.1. The van der Waals surface area contributed by atoms with Crippen LogP contribution in [0.5, 0.6) is 5.75 Å². The molecule has 0 saturated carbocycles. The molecule has 2 amide bonds. The fourth-order valence-electron chi connectivity index (χ4n) is 3.22. The Morgan fingerprint density at radius 1 is 1.19 bits per heavy atom. The van der Waals surface area contributed by atoms with Crippen molar-refractivity contribution in [2.45, 2.75) is 25.8 Å². The van der Waals surface area contributed by atoms with Crippen molar-refractivity contribution in [2.75, 3.05) is 19.0 Å². The molecule has 0 spiro atoms. The summed E-state index contributed by atoms with van der Waals surface area (Å²) in [4.78, 5) is 27.4. The molecule has 2 aromatic carbocycles. The summed E-state index contributed by atoms with van der Waals surface area (Å²) < 4.78 is 5.28. The van der Waals surface area contributed by atoms with E-state index in [1.54, 1.807) is 35.2 Å². The molecule has 0 radical (unpaired) electrons. The van der Waals surface area contributed by atoms with Gasteiger partial charge in [0.1, 0.15) is 11.8 Å². The first-order valence-electron chi connectivity index (χ1n) is 8.62. The van der Waals surface area contributed by atoms with E-state index in [0.29, 0.717) is 40.0 Å². The molecule has 0 unspecified atom stereocenters. The van der Waals surface area contributed by atoms with E-state index in [9.17, 15) is 9.59 Å². The highest BCUT2D eigenvalue weighted by Gasteiger charge is 2.35. The fraction of sp³-hybridized carbons (Fsp3) is 0.300. The number of halogens is 2. The van der Waals surface area contributed by atoms with Crippen molar-refractivity contribution in [3.05, 3.63) is 57.6 Å². The molecule has 142 valence electrons. The molecule has 1 fully saturated rings. The number of likely N-dealkylation sites (tertiary alicyclic amines) is 1. The van der Waals surface area contributed by atoms with Gasteiger partial charge in [-0.05, 0) is 55.7 Å². The van der Waals surface area contributed by atoms with E-state index in [1.807, 2.05) is 13.0 Å². The number of carbonyl (C=O) groups is 2. The minimum atomic E-state index is -0.571. The second-order valence-corrected chi connectivity index (χ2v) is 7.32. The standard InChI is InChI=1S/C20H20Cl2N2O3/c1-12-5-7-16(15(22)10-12)23-19(25)17-4-3-9-24(17)20(26)14-11-13(21)6-8-18(14)27-2/h5-8,10-11,17H,3-4,9H2,1-2H3,(H,23,25)/t17-/m0/s1. The third-order valence-corrected chi connectivity index (χ3v) is 5.14. The topological polar surface area (TPSA) is 58.6 Å². The van der Waals surface area contributed by atoms with Crippen molar-refractivity contribution in [1.29, 1.82) is 0 Å². The maximum Gasteiger partial charge on any atom is 0.258 e. The fourth-order valence-corrected chi connectivity index (χ4v) is 3.68. The lowest BCUT2D eigenvalue weighted by molar-refractivity contribution is -0.119. The van der Waals surface area contributed by atoms with Crippen molar-refractivity contribution in [1.82, 2.24) is 4.90 Å². The number of carbonyl (C=O) groups excluding carboxylic acids is 2. The number of nitrogens with one attached hydrogen (secondary N) is 1. The number of methoxy groups -OCH3 is 1. The van der Waals surface area contributed by atoms with Gasteiger partial charge in [0, 0.05) is 11.6 Å². The van der Waals surface area contributed by atoms with E-state index in [-0.39, 0.29) is 11.8 Å². The predicted molar refractivity (Wildman–Crippen MR) is 107 cm³/mol. The lowest BCUT2D eigenvalue weighted by atomic mass is 10.1. The third-order valence-electron chi connectivity index (χ3n) is 4.59. The van der Waals surface area contributed by atoms with Crippen LogP contribution < -0.4 is 10.1 Å². The predicted octanol–water partition coefficient (Wildman–Crippen LogP) is 4.55. The number of benzene rings is 2. The smallest absolute Gasteiger partial charge is 0.258 e. The van der Waals surface area contributed by atoms with Gasteiger partial charge in [0.25, 0.3) is 5.91 Å². The Morgan fingerprint density at radius 2 is 1.96 bits per heavy atom. The van der Waals surface area contributed by atoms with Crippen molar-refractivity contribution in [3.63, 3.8) is 0 Å². The SMILES string of the molecule is COc1ccc(Cl)cc1C(=O)N1CCC[C@H]1C(=O)Nc1ccc(C)cc1Cl. The van der Waals surface area contributed by atoms with E-state index in [4.69, 9.17) is 27.9 Å². The zero-order chi connectivity index (χ0) is 19.6. The molecule has 2 aromatic rings. The molecule has 1 saturated heterocycles. The molecule has 1 aliphatic rings. The molecule has 0 bridgehead atoms. The lowest BCUT2D eigenvalue weighted by Gasteiger charge is -2.25. The van der Waals surface area contributed by atoms with Crippen LogP contribution in [-0.4, -0.2) is 36.4 Å². The first-order valence-corrected chi connectivity index (χ1v) is 9.38. The van der Waals surface area contributed by atoms with Crippen molar-refractivity contribution in [3.8, 4) is 5.75 Å². The van der Waals surface area contributed by atoms with Crippen LogP contribution in [0, 0.1) is 6.92 Å². The van der Waals surface area contributed by atoms with Crippen molar-refractivity contribution >= 4 is 40.7 Å². The highest BCUT2D eigenvalue weighted by molar-refractivity contribution is 6.33. The number of rotatable bonds is 4. The summed E-state index contributed by atoms with van der Waals surface area (Å²) in [5.74, 6) is -0.105. The Labute approximate surface area is 168 Å². The van der Waals surface area contributed by atoms with Crippen LogP contribution in [0.2, 0.25) is 10.0 Å². The highest BCUT2D eigenvalue weighted by Crippen LogP contribution is 2.29. The first kappa shape index (κ1) is 19.5. The molecule has 1 N–H and O–H groups in total. The zero-order valence-corrected chi connectivity index (χ0v) is 16.6. The lowest BCUT2D eigenvalue weighted by Crippen LogP contribution is -2.43. The van der Waals surface area contributed by atoms with E-state index >= 15 is 0 Å². The number of hydrogen-bond donors (Lipinski definition) is 1. The maximum atomic E-state index is 13.0. The van der Waals surface area contributed by atoms with Gasteiger partial charge in [0.15, 0.2) is 0 Å². The Morgan fingerprint density at radius 3 is 2.67 bits per heavy atom. The molecule has 3 rings (SSSR count). The summed E-state index contributed by atoms with van der Waals surface area (Å²) in [5, 5.41) is 3.74. The Balaban J connectivity index is 1.81. The monoisotopic (exact) mass is 406 g/mol. The summed E-state index contributed by atoms with van der Waals surface area (Å²) in [5.41, 5.74) is 1.88.